The summed E-state index contributed by atoms with van der Waals surface area (Å²) in [5.74, 6) is 1.13. The summed E-state index contributed by atoms with van der Waals surface area (Å²) in [6.45, 7) is 12.6. The highest BCUT2D eigenvalue weighted by atomic mass is 35.5. The SMILES string of the molecule is CC(=O)c1c(C)cc(C)c(CN2CCN(c3ccc(Cl)cn3)CC2)c1C. The van der Waals surface area contributed by atoms with Crippen molar-refractivity contribution in [2.45, 2.75) is 34.2 Å². The second kappa shape index (κ2) is 7.77. The molecule has 1 saturated heterocycles. The topological polar surface area (TPSA) is 36.4 Å². The number of aryl methyl sites for hydroxylation is 2. The largest absolute Gasteiger partial charge is 0.354 e. The highest BCUT2D eigenvalue weighted by Gasteiger charge is 2.21. The highest BCUT2D eigenvalue weighted by Crippen LogP contribution is 2.25. The lowest BCUT2D eigenvalue weighted by atomic mass is 9.91. The van der Waals surface area contributed by atoms with Gasteiger partial charge in [-0.05, 0) is 62.1 Å². The number of rotatable bonds is 4. The Balaban J connectivity index is 1.71. The Bertz CT molecular complexity index is 809. The van der Waals surface area contributed by atoms with Gasteiger partial charge in [-0.25, -0.2) is 4.98 Å². The summed E-state index contributed by atoms with van der Waals surface area (Å²) in [5.41, 5.74) is 5.66. The maximum Gasteiger partial charge on any atom is 0.160 e. The summed E-state index contributed by atoms with van der Waals surface area (Å²) >= 11 is 5.93. The minimum Gasteiger partial charge on any atom is -0.354 e. The van der Waals surface area contributed by atoms with Gasteiger partial charge in [0.1, 0.15) is 5.82 Å². The summed E-state index contributed by atoms with van der Waals surface area (Å²) in [5, 5.41) is 0.666. The molecule has 0 N–H and O–H groups in total. The number of benzene rings is 1. The molecule has 0 radical (unpaired) electrons. The van der Waals surface area contributed by atoms with E-state index in [-0.39, 0.29) is 5.78 Å². The van der Waals surface area contributed by atoms with Crippen LogP contribution in [0.25, 0.3) is 0 Å². The van der Waals surface area contributed by atoms with E-state index in [9.17, 15) is 4.79 Å². The van der Waals surface area contributed by atoms with Crippen molar-refractivity contribution in [3.05, 3.63) is 57.2 Å². The fraction of sp³-hybridized carbons (Fsp3) is 0.429. The number of anilines is 1. The lowest BCUT2D eigenvalue weighted by Crippen LogP contribution is -2.46. The third-order valence-corrected chi connectivity index (χ3v) is 5.50. The van der Waals surface area contributed by atoms with Crippen molar-refractivity contribution >= 4 is 23.2 Å². The molecule has 1 aliphatic heterocycles. The van der Waals surface area contributed by atoms with E-state index in [0.717, 1.165) is 55.2 Å². The van der Waals surface area contributed by atoms with Crippen LogP contribution in [0.2, 0.25) is 5.02 Å². The smallest absolute Gasteiger partial charge is 0.160 e. The lowest BCUT2D eigenvalue weighted by Gasteiger charge is -2.36. The quantitative estimate of drug-likeness (QED) is 0.755. The number of aromatic nitrogens is 1. The van der Waals surface area contributed by atoms with Gasteiger partial charge in [-0.3, -0.25) is 9.69 Å². The third kappa shape index (κ3) is 3.92. The second-order valence-corrected chi connectivity index (χ2v) is 7.58. The van der Waals surface area contributed by atoms with Crippen LogP contribution in [0, 0.1) is 20.8 Å². The molecule has 2 aromatic rings. The Morgan fingerprint density at radius 2 is 1.81 bits per heavy atom. The summed E-state index contributed by atoms with van der Waals surface area (Å²) in [4.78, 5) is 21.2. The Morgan fingerprint density at radius 3 is 2.38 bits per heavy atom. The number of halogens is 1. The van der Waals surface area contributed by atoms with E-state index in [1.807, 2.05) is 19.1 Å². The fourth-order valence-electron chi connectivity index (χ4n) is 3.93. The molecule has 5 heteroatoms. The van der Waals surface area contributed by atoms with E-state index < -0.39 is 0 Å². The van der Waals surface area contributed by atoms with Crippen molar-refractivity contribution in [2.24, 2.45) is 0 Å². The number of piperazine rings is 1. The molecule has 0 amide bonds. The molecule has 1 aliphatic rings. The Labute approximate surface area is 160 Å². The molecule has 1 aromatic carbocycles. The van der Waals surface area contributed by atoms with E-state index in [1.54, 1.807) is 13.1 Å². The number of ketones is 1. The van der Waals surface area contributed by atoms with Crippen molar-refractivity contribution in [1.82, 2.24) is 9.88 Å². The fourth-order valence-corrected chi connectivity index (χ4v) is 4.04. The first-order valence-corrected chi connectivity index (χ1v) is 9.44. The van der Waals surface area contributed by atoms with Gasteiger partial charge in [-0.15, -0.1) is 0 Å². The zero-order chi connectivity index (χ0) is 18.8. The molecular formula is C21H26ClN3O. The van der Waals surface area contributed by atoms with Gasteiger partial charge in [0.2, 0.25) is 0 Å². The van der Waals surface area contributed by atoms with Gasteiger partial charge < -0.3 is 4.90 Å². The van der Waals surface area contributed by atoms with Crippen LogP contribution in [0.15, 0.2) is 24.4 Å². The van der Waals surface area contributed by atoms with Gasteiger partial charge in [0.05, 0.1) is 5.02 Å². The molecular weight excluding hydrogens is 346 g/mol. The van der Waals surface area contributed by atoms with Crippen molar-refractivity contribution in [3.63, 3.8) is 0 Å². The van der Waals surface area contributed by atoms with Crippen LogP contribution in [0.3, 0.4) is 0 Å². The molecule has 26 heavy (non-hydrogen) atoms. The predicted octanol–water partition coefficient (Wildman–Crippen LogP) is 4.19. The molecule has 1 fully saturated rings. The van der Waals surface area contributed by atoms with Crippen LogP contribution >= 0.6 is 11.6 Å². The summed E-state index contributed by atoms with van der Waals surface area (Å²) in [7, 11) is 0. The highest BCUT2D eigenvalue weighted by molar-refractivity contribution is 6.30. The van der Waals surface area contributed by atoms with Crippen LogP contribution in [-0.2, 0) is 6.54 Å². The normalized spacial score (nSPS) is 15.3. The van der Waals surface area contributed by atoms with Crippen molar-refractivity contribution in [3.8, 4) is 0 Å². The molecule has 2 heterocycles. The van der Waals surface area contributed by atoms with Crippen LogP contribution in [0.5, 0.6) is 0 Å². The lowest BCUT2D eigenvalue weighted by molar-refractivity contribution is 0.101. The van der Waals surface area contributed by atoms with Gasteiger partial charge >= 0.3 is 0 Å². The van der Waals surface area contributed by atoms with Crippen LogP contribution < -0.4 is 4.90 Å². The van der Waals surface area contributed by atoms with Gasteiger partial charge in [-0.1, -0.05) is 17.7 Å². The molecule has 1 aromatic heterocycles. The van der Waals surface area contributed by atoms with E-state index in [0.29, 0.717) is 5.02 Å². The third-order valence-electron chi connectivity index (χ3n) is 5.27. The number of Topliss-reactive ketones (excluding diaryl/α,β-unsaturated/α-hetero) is 1. The number of pyridine rings is 1. The number of carbonyl (C=O) groups is 1. The summed E-state index contributed by atoms with van der Waals surface area (Å²) < 4.78 is 0. The van der Waals surface area contributed by atoms with E-state index in [2.05, 4.69) is 34.7 Å². The Hall–Kier alpha value is -1.91. The number of carbonyl (C=O) groups excluding carboxylic acids is 1. The maximum atomic E-state index is 12.0. The molecule has 0 saturated carbocycles. The van der Waals surface area contributed by atoms with E-state index in [1.165, 1.54) is 11.1 Å². The average molecular weight is 372 g/mol. The van der Waals surface area contributed by atoms with Crippen LogP contribution in [-0.4, -0.2) is 41.8 Å². The van der Waals surface area contributed by atoms with Gasteiger partial charge in [0.15, 0.2) is 5.78 Å². The second-order valence-electron chi connectivity index (χ2n) is 7.14. The van der Waals surface area contributed by atoms with Crippen LogP contribution in [0.4, 0.5) is 5.82 Å². The Kier molecular flexibility index (Phi) is 5.64. The first-order valence-electron chi connectivity index (χ1n) is 9.06. The van der Waals surface area contributed by atoms with Gasteiger partial charge in [0.25, 0.3) is 0 Å². The first-order chi connectivity index (χ1) is 12.4. The van der Waals surface area contributed by atoms with Crippen molar-refractivity contribution in [2.75, 3.05) is 31.1 Å². The van der Waals surface area contributed by atoms with Crippen LogP contribution in [0.1, 0.15) is 39.5 Å². The first kappa shape index (κ1) is 18.9. The molecule has 0 aliphatic carbocycles. The van der Waals surface area contributed by atoms with Crippen molar-refractivity contribution < 1.29 is 4.79 Å². The van der Waals surface area contributed by atoms with Gasteiger partial charge in [-0.2, -0.15) is 0 Å². The zero-order valence-electron chi connectivity index (χ0n) is 16.0. The number of hydrogen-bond acceptors (Lipinski definition) is 4. The average Bonchev–Trinajstić information content (AvgIpc) is 2.59. The number of nitrogens with zero attached hydrogens (tertiary/aromatic N) is 3. The monoisotopic (exact) mass is 371 g/mol. The predicted molar refractivity (Wildman–Crippen MR) is 107 cm³/mol. The molecule has 0 atom stereocenters. The van der Waals surface area contributed by atoms with E-state index in [4.69, 9.17) is 11.6 Å². The maximum absolute atomic E-state index is 12.0. The summed E-state index contributed by atoms with van der Waals surface area (Å²) in [6, 6.07) is 6.01. The minimum absolute atomic E-state index is 0.153. The molecule has 4 nitrogen and oxygen atoms in total. The summed E-state index contributed by atoms with van der Waals surface area (Å²) in [6.07, 6.45) is 1.70. The standard InChI is InChI=1S/C21H26ClN3O/c1-14-11-15(2)21(17(4)26)16(3)19(14)13-24-7-9-25(10-8-24)20-6-5-18(22)12-23-20/h5-6,11-12H,7-10,13H2,1-4H3. The minimum atomic E-state index is 0.153. The molecule has 0 spiro atoms. The number of hydrogen-bond donors (Lipinski definition) is 0. The molecule has 3 rings (SSSR count). The zero-order valence-corrected chi connectivity index (χ0v) is 16.7. The van der Waals surface area contributed by atoms with E-state index >= 15 is 0 Å². The van der Waals surface area contributed by atoms with Crippen molar-refractivity contribution in [1.29, 1.82) is 0 Å². The molecule has 0 bridgehead atoms. The molecule has 0 unspecified atom stereocenters. The molecule has 138 valence electrons. The Morgan fingerprint density at radius 1 is 1.12 bits per heavy atom. The van der Waals surface area contributed by atoms with Gasteiger partial charge in [0, 0.05) is 44.5 Å².